The second-order valence-electron chi connectivity index (χ2n) is 4.39. The molecular formula is C14H21NO3. The number of aliphatic hydroxyl groups excluding tert-OH is 1. The van der Waals surface area contributed by atoms with Crippen LogP contribution in [0.2, 0.25) is 0 Å². The Morgan fingerprint density at radius 2 is 1.89 bits per heavy atom. The van der Waals surface area contributed by atoms with Gasteiger partial charge < -0.3 is 15.5 Å². The Hall–Kier alpha value is -1.39. The normalized spacial score (nSPS) is 12.3. The van der Waals surface area contributed by atoms with Gasteiger partial charge in [-0.2, -0.15) is 0 Å². The van der Waals surface area contributed by atoms with Gasteiger partial charge in [0.25, 0.3) is 0 Å². The van der Waals surface area contributed by atoms with E-state index in [9.17, 15) is 4.79 Å². The van der Waals surface area contributed by atoms with Gasteiger partial charge in [-0.15, -0.1) is 0 Å². The summed E-state index contributed by atoms with van der Waals surface area (Å²) >= 11 is 0. The lowest BCUT2D eigenvalue weighted by molar-refractivity contribution is -0.136. The molecule has 0 aliphatic rings. The van der Waals surface area contributed by atoms with Crippen molar-refractivity contribution in [2.75, 3.05) is 6.61 Å². The number of carboxylic acid groups (broad SMARTS) is 1. The number of hydrogen-bond acceptors (Lipinski definition) is 3. The Morgan fingerprint density at radius 3 is 2.39 bits per heavy atom. The summed E-state index contributed by atoms with van der Waals surface area (Å²) in [5.41, 5.74) is 1.94. The number of aliphatic carboxylic acids is 1. The topological polar surface area (TPSA) is 69.6 Å². The molecule has 0 aliphatic heterocycles. The summed E-state index contributed by atoms with van der Waals surface area (Å²) in [5, 5.41) is 20.9. The fourth-order valence-electron chi connectivity index (χ4n) is 1.82. The largest absolute Gasteiger partial charge is 0.481 e. The van der Waals surface area contributed by atoms with Crippen molar-refractivity contribution < 1.29 is 15.0 Å². The Labute approximate surface area is 108 Å². The van der Waals surface area contributed by atoms with E-state index in [-0.39, 0.29) is 13.0 Å². The molecule has 1 atom stereocenters. The minimum absolute atomic E-state index is 0.0653. The average molecular weight is 251 g/mol. The maximum absolute atomic E-state index is 10.5. The number of nitrogens with one attached hydrogen (secondary N) is 1. The summed E-state index contributed by atoms with van der Waals surface area (Å²) in [5.74, 6) is -0.810. The average Bonchev–Trinajstić information content (AvgIpc) is 2.35. The van der Waals surface area contributed by atoms with Gasteiger partial charge in [0.2, 0.25) is 0 Å². The van der Waals surface area contributed by atoms with Crippen LogP contribution in [0.5, 0.6) is 0 Å². The first-order valence-electron chi connectivity index (χ1n) is 6.29. The standard InChI is InChI=1S/C14H21NO3/c1-2-13(7-8-16)15-10-12-5-3-11(4-6-12)9-14(17)18/h3-6,13,15-16H,2,7-10H2,1H3,(H,17,18). The lowest BCUT2D eigenvalue weighted by atomic mass is 10.1. The molecule has 0 amide bonds. The van der Waals surface area contributed by atoms with E-state index >= 15 is 0 Å². The molecule has 0 heterocycles. The van der Waals surface area contributed by atoms with Crippen molar-refractivity contribution in [2.24, 2.45) is 0 Å². The summed E-state index contributed by atoms with van der Waals surface area (Å²) in [6, 6.07) is 7.90. The fourth-order valence-corrected chi connectivity index (χ4v) is 1.82. The molecule has 0 radical (unpaired) electrons. The van der Waals surface area contributed by atoms with Gasteiger partial charge in [0.15, 0.2) is 0 Å². The monoisotopic (exact) mass is 251 g/mol. The van der Waals surface area contributed by atoms with Crippen molar-refractivity contribution in [2.45, 2.75) is 38.8 Å². The van der Waals surface area contributed by atoms with Crippen LogP contribution >= 0.6 is 0 Å². The van der Waals surface area contributed by atoms with Crippen molar-refractivity contribution >= 4 is 5.97 Å². The minimum atomic E-state index is -0.810. The van der Waals surface area contributed by atoms with Crippen LogP contribution in [0.15, 0.2) is 24.3 Å². The van der Waals surface area contributed by atoms with Gasteiger partial charge in [0.1, 0.15) is 0 Å². The minimum Gasteiger partial charge on any atom is -0.481 e. The number of benzene rings is 1. The summed E-state index contributed by atoms with van der Waals surface area (Å²) in [6.45, 7) is 3.03. The highest BCUT2D eigenvalue weighted by Crippen LogP contribution is 2.06. The molecule has 1 aromatic rings. The molecule has 4 nitrogen and oxygen atoms in total. The van der Waals surface area contributed by atoms with Gasteiger partial charge in [-0.05, 0) is 24.0 Å². The van der Waals surface area contributed by atoms with Gasteiger partial charge in [-0.3, -0.25) is 4.79 Å². The van der Waals surface area contributed by atoms with Crippen LogP contribution in [0.4, 0.5) is 0 Å². The third kappa shape index (κ3) is 5.29. The summed E-state index contributed by atoms with van der Waals surface area (Å²) in [4.78, 5) is 10.5. The van der Waals surface area contributed by atoms with Gasteiger partial charge >= 0.3 is 5.97 Å². The zero-order chi connectivity index (χ0) is 13.4. The molecule has 100 valence electrons. The molecule has 4 heteroatoms. The zero-order valence-electron chi connectivity index (χ0n) is 10.7. The van der Waals surface area contributed by atoms with Crippen LogP contribution in [0.3, 0.4) is 0 Å². The molecule has 0 saturated carbocycles. The SMILES string of the molecule is CCC(CCO)NCc1ccc(CC(=O)O)cc1. The van der Waals surface area contributed by atoms with Gasteiger partial charge in [-0.1, -0.05) is 31.2 Å². The molecule has 3 N–H and O–H groups in total. The van der Waals surface area contributed by atoms with Crippen molar-refractivity contribution in [3.63, 3.8) is 0 Å². The van der Waals surface area contributed by atoms with Crippen molar-refractivity contribution in [1.29, 1.82) is 0 Å². The molecule has 0 bridgehead atoms. The van der Waals surface area contributed by atoms with Crippen LogP contribution in [0, 0.1) is 0 Å². The molecule has 0 aromatic heterocycles. The smallest absolute Gasteiger partial charge is 0.307 e. The predicted molar refractivity (Wildman–Crippen MR) is 70.4 cm³/mol. The van der Waals surface area contributed by atoms with E-state index in [0.717, 1.165) is 30.5 Å². The first kappa shape index (κ1) is 14.7. The van der Waals surface area contributed by atoms with Crippen LogP contribution in [-0.4, -0.2) is 28.8 Å². The molecule has 0 aliphatic carbocycles. The first-order valence-corrected chi connectivity index (χ1v) is 6.29. The van der Waals surface area contributed by atoms with Gasteiger partial charge in [0, 0.05) is 19.2 Å². The Balaban J connectivity index is 2.45. The van der Waals surface area contributed by atoms with Crippen molar-refractivity contribution in [1.82, 2.24) is 5.32 Å². The van der Waals surface area contributed by atoms with Gasteiger partial charge in [-0.25, -0.2) is 0 Å². The molecule has 1 rings (SSSR count). The number of carbonyl (C=O) groups is 1. The quantitative estimate of drug-likeness (QED) is 0.656. The first-order chi connectivity index (χ1) is 8.65. The predicted octanol–water partition coefficient (Wildman–Crippen LogP) is 1.56. The van der Waals surface area contributed by atoms with Crippen molar-refractivity contribution in [3.8, 4) is 0 Å². The fraction of sp³-hybridized carbons (Fsp3) is 0.500. The van der Waals surface area contributed by atoms with E-state index in [1.165, 1.54) is 0 Å². The van der Waals surface area contributed by atoms with Crippen LogP contribution < -0.4 is 5.32 Å². The van der Waals surface area contributed by atoms with E-state index < -0.39 is 5.97 Å². The van der Waals surface area contributed by atoms with E-state index in [1.807, 2.05) is 24.3 Å². The van der Waals surface area contributed by atoms with Crippen molar-refractivity contribution in [3.05, 3.63) is 35.4 Å². The molecular weight excluding hydrogens is 230 g/mol. The number of carboxylic acids is 1. The highest BCUT2D eigenvalue weighted by molar-refractivity contribution is 5.70. The lowest BCUT2D eigenvalue weighted by Gasteiger charge is -2.15. The maximum Gasteiger partial charge on any atom is 0.307 e. The van der Waals surface area contributed by atoms with Crippen LogP contribution in [-0.2, 0) is 17.8 Å². The summed E-state index contributed by atoms with van der Waals surface area (Å²) in [7, 11) is 0. The van der Waals surface area contributed by atoms with Gasteiger partial charge in [0.05, 0.1) is 6.42 Å². The highest BCUT2D eigenvalue weighted by Gasteiger charge is 2.05. The summed E-state index contributed by atoms with van der Waals surface area (Å²) < 4.78 is 0. The Morgan fingerprint density at radius 1 is 1.28 bits per heavy atom. The van der Waals surface area contributed by atoms with Crippen LogP contribution in [0.25, 0.3) is 0 Å². The second kappa shape index (κ2) is 7.84. The number of rotatable bonds is 8. The third-order valence-electron chi connectivity index (χ3n) is 2.94. The molecule has 1 unspecified atom stereocenters. The molecule has 0 spiro atoms. The maximum atomic E-state index is 10.5. The van der Waals surface area contributed by atoms with Crippen LogP contribution in [0.1, 0.15) is 30.9 Å². The molecule has 1 aromatic carbocycles. The van der Waals surface area contributed by atoms with E-state index in [2.05, 4.69) is 12.2 Å². The highest BCUT2D eigenvalue weighted by atomic mass is 16.4. The summed E-state index contributed by atoms with van der Waals surface area (Å²) in [6.07, 6.45) is 1.81. The molecule has 18 heavy (non-hydrogen) atoms. The number of aliphatic hydroxyl groups is 1. The third-order valence-corrected chi connectivity index (χ3v) is 2.94. The van der Waals surface area contributed by atoms with E-state index in [4.69, 9.17) is 10.2 Å². The second-order valence-corrected chi connectivity index (χ2v) is 4.39. The zero-order valence-corrected chi connectivity index (χ0v) is 10.7. The lowest BCUT2D eigenvalue weighted by Crippen LogP contribution is -2.28. The van der Waals surface area contributed by atoms with E-state index in [0.29, 0.717) is 6.04 Å². The number of hydrogen-bond donors (Lipinski definition) is 3. The Bertz CT molecular complexity index is 362. The van der Waals surface area contributed by atoms with E-state index in [1.54, 1.807) is 0 Å². The molecule has 0 saturated heterocycles. The Kier molecular flexibility index (Phi) is 6.39. The molecule has 0 fully saturated rings.